The molecule has 0 amide bonds. The van der Waals surface area contributed by atoms with Crippen molar-refractivity contribution in [2.45, 2.75) is 25.3 Å². The number of methoxy groups -OCH3 is 1. The summed E-state index contributed by atoms with van der Waals surface area (Å²) in [6.45, 7) is 2.10. The lowest BCUT2D eigenvalue weighted by molar-refractivity contribution is -0.142. The summed E-state index contributed by atoms with van der Waals surface area (Å²) in [5.74, 6) is 0.455. The van der Waals surface area contributed by atoms with Crippen molar-refractivity contribution in [1.29, 1.82) is 0 Å². The topological polar surface area (TPSA) is 38.3 Å². The van der Waals surface area contributed by atoms with Gasteiger partial charge in [0.2, 0.25) is 0 Å². The molecule has 3 heteroatoms. The molecule has 0 radical (unpaired) electrons. The quantitative estimate of drug-likeness (QED) is 0.608. The molecule has 18 heavy (non-hydrogen) atoms. The fraction of sp³-hybridized carbons (Fsp3) is 0.400. The van der Waals surface area contributed by atoms with Crippen molar-refractivity contribution in [2.75, 3.05) is 12.4 Å². The summed E-state index contributed by atoms with van der Waals surface area (Å²) in [6.07, 6.45) is 5.33. The van der Waals surface area contributed by atoms with E-state index in [-0.39, 0.29) is 17.9 Å². The molecule has 0 fully saturated rings. The van der Waals surface area contributed by atoms with Crippen LogP contribution in [0.4, 0.5) is 5.69 Å². The number of carbonyl (C=O) groups is 1. The third-order valence-corrected chi connectivity index (χ3v) is 3.97. The molecule has 1 aliphatic carbocycles. The van der Waals surface area contributed by atoms with Crippen LogP contribution in [0, 0.1) is 12.8 Å². The molecule has 3 atom stereocenters. The molecule has 3 rings (SSSR count). The average Bonchev–Trinajstić information content (AvgIpc) is 2.86. The summed E-state index contributed by atoms with van der Waals surface area (Å²) >= 11 is 0. The van der Waals surface area contributed by atoms with Gasteiger partial charge in [0.1, 0.15) is 6.04 Å². The van der Waals surface area contributed by atoms with Gasteiger partial charge in [-0.1, -0.05) is 29.8 Å². The van der Waals surface area contributed by atoms with Crippen LogP contribution in [0.3, 0.4) is 0 Å². The Labute approximate surface area is 107 Å². The number of hydrogen-bond acceptors (Lipinski definition) is 3. The van der Waals surface area contributed by atoms with Crippen molar-refractivity contribution in [3.63, 3.8) is 0 Å². The number of fused-ring (bicyclic) bond motifs is 3. The minimum atomic E-state index is -0.231. The summed E-state index contributed by atoms with van der Waals surface area (Å²) in [7, 11) is 1.45. The molecule has 2 aliphatic rings. The normalized spacial score (nSPS) is 28.2. The SMILES string of the molecule is COC(=O)[C@@H]1Nc2ccc(C)cc2[C@@H]2C=CC[C@H]12. The highest BCUT2D eigenvalue weighted by Gasteiger charge is 2.41. The Balaban J connectivity index is 2.04. The van der Waals surface area contributed by atoms with Crippen molar-refractivity contribution in [3.05, 3.63) is 41.5 Å². The molecule has 94 valence electrons. The highest BCUT2D eigenvalue weighted by Crippen LogP contribution is 2.44. The molecule has 0 unspecified atom stereocenters. The van der Waals surface area contributed by atoms with Crippen LogP contribution in [-0.4, -0.2) is 19.1 Å². The van der Waals surface area contributed by atoms with E-state index in [1.54, 1.807) is 0 Å². The van der Waals surface area contributed by atoms with E-state index in [2.05, 4.69) is 42.6 Å². The van der Waals surface area contributed by atoms with E-state index in [0.717, 1.165) is 12.1 Å². The minimum Gasteiger partial charge on any atom is -0.467 e. The second-order valence-electron chi connectivity index (χ2n) is 5.09. The van der Waals surface area contributed by atoms with Crippen LogP contribution in [0.25, 0.3) is 0 Å². The molecule has 3 nitrogen and oxygen atoms in total. The lowest BCUT2D eigenvalue weighted by Crippen LogP contribution is -2.42. The maximum atomic E-state index is 11.9. The molecule has 1 aliphatic heterocycles. The number of aryl methyl sites for hydroxylation is 1. The van der Waals surface area contributed by atoms with E-state index in [1.165, 1.54) is 18.2 Å². The van der Waals surface area contributed by atoms with Gasteiger partial charge in [-0.15, -0.1) is 0 Å². The Morgan fingerprint density at radius 3 is 3.06 bits per heavy atom. The highest BCUT2D eigenvalue weighted by molar-refractivity contribution is 5.82. The third-order valence-electron chi connectivity index (χ3n) is 3.97. The number of anilines is 1. The van der Waals surface area contributed by atoms with E-state index >= 15 is 0 Å². The molecule has 1 aromatic rings. The smallest absolute Gasteiger partial charge is 0.328 e. The molecule has 1 N–H and O–H groups in total. The molecular weight excluding hydrogens is 226 g/mol. The van der Waals surface area contributed by atoms with Crippen molar-refractivity contribution in [2.24, 2.45) is 5.92 Å². The second kappa shape index (κ2) is 4.16. The first-order valence-corrected chi connectivity index (χ1v) is 6.32. The van der Waals surface area contributed by atoms with Crippen LogP contribution in [0.5, 0.6) is 0 Å². The Bertz CT molecular complexity index is 521. The molecule has 0 saturated heterocycles. The first kappa shape index (κ1) is 11.3. The minimum absolute atomic E-state index is 0.167. The summed E-state index contributed by atoms with van der Waals surface area (Å²) in [6, 6.07) is 6.11. The van der Waals surface area contributed by atoms with Crippen LogP contribution in [-0.2, 0) is 9.53 Å². The van der Waals surface area contributed by atoms with Gasteiger partial charge in [0.25, 0.3) is 0 Å². The molecule has 1 heterocycles. The van der Waals surface area contributed by atoms with E-state index in [9.17, 15) is 4.79 Å². The molecule has 0 bridgehead atoms. The van der Waals surface area contributed by atoms with Crippen LogP contribution in [0.1, 0.15) is 23.5 Å². The lowest BCUT2D eigenvalue weighted by atomic mass is 9.79. The van der Waals surface area contributed by atoms with Crippen molar-refractivity contribution < 1.29 is 9.53 Å². The fourth-order valence-corrected chi connectivity index (χ4v) is 3.07. The Morgan fingerprint density at radius 1 is 1.44 bits per heavy atom. The first-order chi connectivity index (χ1) is 8.70. The van der Waals surface area contributed by atoms with Crippen molar-refractivity contribution in [3.8, 4) is 0 Å². The maximum Gasteiger partial charge on any atom is 0.328 e. The predicted molar refractivity (Wildman–Crippen MR) is 70.6 cm³/mol. The van der Waals surface area contributed by atoms with E-state index in [1.807, 2.05) is 0 Å². The van der Waals surface area contributed by atoms with Gasteiger partial charge in [-0.05, 0) is 25.0 Å². The summed E-state index contributed by atoms with van der Waals surface area (Å²) in [5.41, 5.74) is 3.61. The number of hydrogen-bond donors (Lipinski definition) is 1. The second-order valence-corrected chi connectivity index (χ2v) is 5.09. The number of allylic oxidation sites excluding steroid dienone is 2. The van der Waals surface area contributed by atoms with Crippen LogP contribution < -0.4 is 5.32 Å². The van der Waals surface area contributed by atoms with E-state index in [0.29, 0.717) is 5.92 Å². The largest absolute Gasteiger partial charge is 0.467 e. The van der Waals surface area contributed by atoms with Crippen LogP contribution in [0.15, 0.2) is 30.4 Å². The zero-order valence-corrected chi connectivity index (χ0v) is 10.6. The van der Waals surface area contributed by atoms with Crippen LogP contribution >= 0.6 is 0 Å². The highest BCUT2D eigenvalue weighted by atomic mass is 16.5. The number of carbonyl (C=O) groups excluding carboxylic acids is 1. The summed E-state index contributed by atoms with van der Waals surface area (Å²) in [4.78, 5) is 11.9. The van der Waals surface area contributed by atoms with Gasteiger partial charge in [-0.2, -0.15) is 0 Å². The number of ether oxygens (including phenoxy) is 1. The van der Waals surface area contributed by atoms with E-state index < -0.39 is 0 Å². The lowest BCUT2D eigenvalue weighted by Gasteiger charge is -2.35. The predicted octanol–water partition coefficient (Wildman–Crippen LogP) is 2.62. The molecule has 0 saturated carbocycles. The van der Waals surface area contributed by atoms with Gasteiger partial charge in [0, 0.05) is 17.5 Å². The third kappa shape index (κ3) is 1.62. The molecule has 1 aromatic carbocycles. The fourth-order valence-electron chi connectivity index (χ4n) is 3.07. The van der Waals surface area contributed by atoms with Crippen molar-refractivity contribution in [1.82, 2.24) is 0 Å². The Morgan fingerprint density at radius 2 is 2.28 bits per heavy atom. The molecule has 0 spiro atoms. The Kier molecular flexibility index (Phi) is 2.62. The number of rotatable bonds is 1. The average molecular weight is 243 g/mol. The molecule has 0 aromatic heterocycles. The van der Waals surface area contributed by atoms with Gasteiger partial charge in [-0.25, -0.2) is 4.79 Å². The van der Waals surface area contributed by atoms with Crippen molar-refractivity contribution >= 4 is 11.7 Å². The number of esters is 1. The van der Waals surface area contributed by atoms with Gasteiger partial charge in [-0.3, -0.25) is 0 Å². The maximum absolute atomic E-state index is 11.9. The monoisotopic (exact) mass is 243 g/mol. The zero-order chi connectivity index (χ0) is 12.7. The van der Waals surface area contributed by atoms with Gasteiger partial charge in [0.05, 0.1) is 7.11 Å². The summed E-state index contributed by atoms with van der Waals surface area (Å²) < 4.78 is 4.91. The van der Waals surface area contributed by atoms with E-state index in [4.69, 9.17) is 4.74 Å². The molecular formula is C15H17NO2. The Hall–Kier alpha value is -1.77. The first-order valence-electron chi connectivity index (χ1n) is 6.32. The standard InChI is InChI=1S/C15H17NO2/c1-9-6-7-13-12(8-9)10-4-3-5-11(10)14(16-13)15(17)18-2/h3-4,6-8,10-11,14,16H,5H2,1-2H3/t10-,11+,14-/m1/s1. The van der Waals surface area contributed by atoms with Crippen LogP contribution in [0.2, 0.25) is 0 Å². The zero-order valence-electron chi connectivity index (χ0n) is 10.6. The number of benzene rings is 1. The van der Waals surface area contributed by atoms with Gasteiger partial charge in [0.15, 0.2) is 0 Å². The van der Waals surface area contributed by atoms with Gasteiger partial charge < -0.3 is 10.1 Å². The van der Waals surface area contributed by atoms with Gasteiger partial charge >= 0.3 is 5.97 Å². The summed E-state index contributed by atoms with van der Waals surface area (Å²) in [5, 5.41) is 3.33. The number of nitrogens with one attached hydrogen (secondary N) is 1.